The summed E-state index contributed by atoms with van der Waals surface area (Å²) >= 11 is 0. The van der Waals surface area contributed by atoms with E-state index in [4.69, 9.17) is 18.6 Å². The Morgan fingerprint density at radius 2 is 0.650 bits per heavy atom. The first-order valence-corrected chi connectivity index (χ1v) is 23.1. The number of fused-ring (bicyclic) bond motifs is 6. The zero-order valence-electron chi connectivity index (χ0n) is 32.6. The van der Waals surface area contributed by atoms with E-state index in [9.17, 15) is 0 Å². The molecule has 0 N–H and O–H groups in total. The van der Waals surface area contributed by atoms with Crippen molar-refractivity contribution in [2.75, 3.05) is 0 Å². The van der Waals surface area contributed by atoms with Gasteiger partial charge < -0.3 is 18.6 Å². The van der Waals surface area contributed by atoms with Crippen LogP contribution in [0.15, 0.2) is 218 Å². The summed E-state index contributed by atoms with van der Waals surface area (Å²) in [5.41, 5.74) is 4.17. The van der Waals surface area contributed by atoms with Crippen LogP contribution in [0.25, 0.3) is 21.5 Å². The molecule has 2 heterocycles. The molecule has 0 radical (unpaired) electrons. The van der Waals surface area contributed by atoms with Gasteiger partial charge in [0.25, 0.3) is 0 Å². The summed E-state index contributed by atoms with van der Waals surface area (Å²) in [4.78, 5) is 0. The summed E-state index contributed by atoms with van der Waals surface area (Å²) in [5, 5.41) is 9.55. The van der Waals surface area contributed by atoms with Gasteiger partial charge in [-0.15, -0.1) is 0 Å². The predicted molar refractivity (Wildman–Crippen MR) is 252 cm³/mol. The molecule has 0 amide bonds. The molecule has 0 spiro atoms. The van der Waals surface area contributed by atoms with E-state index in [2.05, 4.69) is 182 Å². The molecule has 0 saturated carbocycles. The highest BCUT2D eigenvalue weighted by Crippen LogP contribution is 2.58. The van der Waals surface area contributed by atoms with Gasteiger partial charge in [-0.1, -0.05) is 206 Å². The molecule has 0 aliphatic carbocycles. The van der Waals surface area contributed by atoms with Crippen LogP contribution in [0.1, 0.15) is 22.8 Å². The third kappa shape index (κ3) is 6.90. The molecular formula is C52H38B2O4P2. The molecule has 0 aromatic heterocycles. The Morgan fingerprint density at radius 3 is 1.05 bits per heavy atom. The summed E-state index contributed by atoms with van der Waals surface area (Å²) in [5.74, 6) is 1.16. The maximum Gasteiger partial charge on any atom is 0.563 e. The van der Waals surface area contributed by atoms with Crippen LogP contribution in [0.5, 0.6) is 11.5 Å². The average molecular weight is 810 g/mol. The van der Waals surface area contributed by atoms with Gasteiger partial charge in [-0.3, -0.25) is 0 Å². The van der Waals surface area contributed by atoms with E-state index in [1.807, 2.05) is 36.4 Å². The summed E-state index contributed by atoms with van der Waals surface area (Å²) in [7, 11) is -3.30. The second-order valence-corrected chi connectivity index (χ2v) is 19.5. The van der Waals surface area contributed by atoms with Crippen LogP contribution < -0.4 is 41.5 Å². The molecule has 8 heteroatoms. The van der Waals surface area contributed by atoms with Crippen LogP contribution >= 0.6 is 15.8 Å². The lowest BCUT2D eigenvalue weighted by Crippen LogP contribution is -2.44. The van der Waals surface area contributed by atoms with Gasteiger partial charge in [-0.2, -0.15) is 0 Å². The minimum atomic E-state index is -1.10. The lowest BCUT2D eigenvalue weighted by molar-refractivity contribution is 0.227. The van der Waals surface area contributed by atoms with Gasteiger partial charge in [0.05, 0.1) is 0 Å². The predicted octanol–water partition coefficient (Wildman–Crippen LogP) is 9.86. The maximum absolute atomic E-state index is 7.23. The van der Waals surface area contributed by atoms with Crippen LogP contribution in [-0.2, 0) is 9.31 Å². The number of hydrogen-bond donors (Lipinski definition) is 0. The highest BCUT2D eigenvalue weighted by atomic mass is 31.1. The van der Waals surface area contributed by atoms with Gasteiger partial charge >= 0.3 is 14.2 Å². The van der Waals surface area contributed by atoms with Crippen LogP contribution in [-0.4, -0.2) is 14.2 Å². The molecule has 0 saturated heterocycles. The van der Waals surface area contributed by atoms with Crippen molar-refractivity contribution in [3.05, 3.63) is 230 Å². The van der Waals surface area contributed by atoms with E-state index < -0.39 is 30.1 Å². The van der Waals surface area contributed by atoms with Gasteiger partial charge in [-0.05, 0) is 81.7 Å². The average Bonchev–Trinajstić information content (AvgIpc) is 3.33. The fourth-order valence-corrected chi connectivity index (χ4v) is 13.7. The van der Waals surface area contributed by atoms with Crippen molar-refractivity contribution in [1.82, 2.24) is 0 Å². The van der Waals surface area contributed by atoms with Gasteiger partial charge in [0, 0.05) is 11.1 Å². The summed E-state index contributed by atoms with van der Waals surface area (Å²) in [6, 6.07) is 77.4. The largest absolute Gasteiger partial charge is 0.563 e. The van der Waals surface area contributed by atoms with Gasteiger partial charge in [0.2, 0.25) is 0 Å². The Morgan fingerprint density at radius 1 is 0.317 bits per heavy atom. The third-order valence-electron chi connectivity index (χ3n) is 11.4. The van der Waals surface area contributed by atoms with Crippen molar-refractivity contribution < 1.29 is 18.6 Å². The van der Waals surface area contributed by atoms with E-state index in [-0.39, 0.29) is 11.7 Å². The molecular weight excluding hydrogens is 772 g/mol. The first-order chi connectivity index (χ1) is 29.8. The molecule has 0 bridgehead atoms. The molecule has 2 aliphatic heterocycles. The zero-order valence-corrected chi connectivity index (χ0v) is 34.4. The number of rotatable bonds is 8. The Bertz CT molecular complexity index is 2720. The first-order valence-electron chi connectivity index (χ1n) is 20.3. The molecule has 11 rings (SSSR count). The standard InChI is InChI=1S/C52H38B2O4P2/c1-5-19-39(20-6-1)53-55-47-35-29-37-17-13-15-27-45(37)49(47)51(57-53)59(41-23-9-3-10-24-41)43-31-33-44(34-32-43)60(42-25-11-4-12-26-42)52-50-46-28-16-14-18-38(46)30-36-48(50)56-54(58-52)40-21-7-2-8-22-40/h1-36,51-52H/t51-,52-,59?,60?/m1/s1. The molecule has 9 aromatic rings. The number of benzene rings is 9. The molecule has 9 aromatic carbocycles. The number of hydrogen-bond acceptors (Lipinski definition) is 4. The van der Waals surface area contributed by atoms with Crippen molar-refractivity contribution in [1.29, 1.82) is 0 Å². The first kappa shape index (κ1) is 37.0. The van der Waals surface area contributed by atoms with Crippen molar-refractivity contribution >= 4 is 83.8 Å². The van der Waals surface area contributed by atoms with Gasteiger partial charge in [0.1, 0.15) is 23.2 Å². The quantitative estimate of drug-likeness (QED) is 0.113. The Labute approximate surface area is 353 Å². The summed E-state index contributed by atoms with van der Waals surface area (Å²) < 4.78 is 27.9. The van der Waals surface area contributed by atoms with E-state index in [0.717, 1.165) is 55.1 Å². The summed E-state index contributed by atoms with van der Waals surface area (Å²) in [6.07, 6.45) is 0. The zero-order chi connectivity index (χ0) is 39.8. The van der Waals surface area contributed by atoms with Crippen LogP contribution in [0.2, 0.25) is 0 Å². The van der Waals surface area contributed by atoms with Crippen molar-refractivity contribution in [3.63, 3.8) is 0 Å². The van der Waals surface area contributed by atoms with E-state index in [1.54, 1.807) is 0 Å². The Hall–Kier alpha value is -5.99. The van der Waals surface area contributed by atoms with E-state index in [0.29, 0.717) is 0 Å². The lowest BCUT2D eigenvalue weighted by Gasteiger charge is -2.38. The maximum atomic E-state index is 7.23. The topological polar surface area (TPSA) is 36.9 Å². The van der Waals surface area contributed by atoms with Gasteiger partial charge in [-0.25, -0.2) is 0 Å². The molecule has 0 fully saturated rings. The highest BCUT2D eigenvalue weighted by molar-refractivity contribution is 7.74. The minimum Gasteiger partial charge on any atom is -0.532 e. The third-order valence-corrected chi connectivity index (χ3v) is 16.5. The monoisotopic (exact) mass is 810 g/mol. The molecule has 60 heavy (non-hydrogen) atoms. The second-order valence-electron chi connectivity index (χ2n) is 15.0. The van der Waals surface area contributed by atoms with Crippen molar-refractivity contribution in [2.24, 2.45) is 0 Å². The molecule has 2 unspecified atom stereocenters. The second kappa shape index (κ2) is 16.2. The molecule has 4 atom stereocenters. The minimum absolute atomic E-state index is 0.285. The van der Waals surface area contributed by atoms with Crippen molar-refractivity contribution in [3.8, 4) is 11.5 Å². The van der Waals surface area contributed by atoms with Crippen LogP contribution in [0, 0.1) is 0 Å². The van der Waals surface area contributed by atoms with Gasteiger partial charge in [0.15, 0.2) is 0 Å². The smallest absolute Gasteiger partial charge is 0.532 e. The molecule has 2 aliphatic rings. The lowest BCUT2D eigenvalue weighted by atomic mass is 9.77. The Balaban J connectivity index is 1.06. The van der Waals surface area contributed by atoms with Crippen LogP contribution in [0.4, 0.5) is 0 Å². The Kier molecular flexibility index (Phi) is 10.0. The highest BCUT2D eigenvalue weighted by Gasteiger charge is 2.43. The fourth-order valence-electron chi connectivity index (χ4n) is 8.61. The SMILES string of the molecule is c1ccc(B2Oc3ccc4ccccc4c3[C@@H](P(c3ccccc3)c3ccc(P(c4ccccc4)[C@H]4OB(c5ccccc5)Oc5ccc6ccccc6c54)cc3)O2)cc1. The fraction of sp³-hybridized carbons (Fsp3) is 0.0385. The van der Waals surface area contributed by atoms with E-state index in [1.165, 1.54) is 21.2 Å². The van der Waals surface area contributed by atoms with E-state index >= 15 is 0 Å². The normalized spacial score (nSPS) is 16.9. The molecule has 4 nitrogen and oxygen atoms in total. The summed E-state index contributed by atoms with van der Waals surface area (Å²) in [6.45, 7) is 0. The molecule has 286 valence electrons. The van der Waals surface area contributed by atoms with Crippen molar-refractivity contribution in [2.45, 2.75) is 11.7 Å². The van der Waals surface area contributed by atoms with Crippen LogP contribution in [0.3, 0.4) is 0 Å².